The topological polar surface area (TPSA) is 17.3 Å². The van der Waals surface area contributed by atoms with Gasteiger partial charge in [0.15, 0.2) is 11.5 Å². The number of nitrogens with zero attached hydrogens (tertiary/aromatic N) is 2. The van der Waals surface area contributed by atoms with E-state index in [1.807, 2.05) is 17.5 Å². The van der Waals surface area contributed by atoms with Crippen LogP contribution in [0.4, 0.5) is 4.39 Å². The van der Waals surface area contributed by atoms with Crippen molar-refractivity contribution >= 4 is 5.65 Å². The van der Waals surface area contributed by atoms with Gasteiger partial charge in [-0.05, 0) is 25.0 Å². The summed E-state index contributed by atoms with van der Waals surface area (Å²) in [5.74, 6) is 0.0919. The number of halogens is 1. The molecule has 0 amide bonds. The minimum atomic E-state index is -0.262. The van der Waals surface area contributed by atoms with Crippen LogP contribution >= 0.6 is 0 Å². The zero-order valence-corrected chi connectivity index (χ0v) is 8.58. The smallest absolute Gasteiger partial charge is 0.173 e. The Hall–Kier alpha value is -1.38. The van der Waals surface area contributed by atoms with Crippen molar-refractivity contribution in [3.05, 3.63) is 35.5 Å². The van der Waals surface area contributed by atoms with Crippen LogP contribution in [0, 0.1) is 12.7 Å². The maximum atomic E-state index is 13.4. The van der Waals surface area contributed by atoms with Gasteiger partial charge in [0.2, 0.25) is 0 Å². The third-order valence-corrected chi connectivity index (χ3v) is 2.37. The Bertz CT molecular complexity index is 471. The summed E-state index contributed by atoms with van der Waals surface area (Å²) in [5, 5.41) is 0. The predicted octanol–water partition coefficient (Wildman–Crippen LogP) is 2.91. The van der Waals surface area contributed by atoms with E-state index in [4.69, 9.17) is 0 Å². The van der Waals surface area contributed by atoms with Crippen LogP contribution in [0.3, 0.4) is 0 Å². The molecule has 3 heteroatoms. The molecule has 74 valence electrons. The second kappa shape index (κ2) is 3.08. The first-order valence-corrected chi connectivity index (χ1v) is 4.74. The fourth-order valence-electron chi connectivity index (χ4n) is 1.86. The van der Waals surface area contributed by atoms with Crippen molar-refractivity contribution in [2.75, 3.05) is 0 Å². The molecule has 0 N–H and O–H groups in total. The monoisotopic (exact) mass is 192 g/mol. The Morgan fingerprint density at radius 3 is 2.79 bits per heavy atom. The molecule has 2 rings (SSSR count). The van der Waals surface area contributed by atoms with Crippen molar-refractivity contribution < 1.29 is 4.39 Å². The number of fused-ring (bicyclic) bond motifs is 1. The van der Waals surface area contributed by atoms with Crippen LogP contribution in [0.1, 0.15) is 31.2 Å². The summed E-state index contributed by atoms with van der Waals surface area (Å²) in [5.41, 5.74) is 2.42. The zero-order valence-electron chi connectivity index (χ0n) is 8.58. The molecule has 0 aliphatic carbocycles. The molecule has 2 heterocycles. The molecule has 0 saturated carbocycles. The maximum absolute atomic E-state index is 13.4. The van der Waals surface area contributed by atoms with E-state index in [9.17, 15) is 4.39 Å². The maximum Gasteiger partial charge on any atom is 0.173 e. The van der Waals surface area contributed by atoms with Gasteiger partial charge in [-0.15, -0.1) is 0 Å². The van der Waals surface area contributed by atoms with Crippen molar-refractivity contribution in [3.63, 3.8) is 0 Å². The van der Waals surface area contributed by atoms with E-state index in [1.165, 1.54) is 6.07 Å². The number of imidazole rings is 1. The van der Waals surface area contributed by atoms with Gasteiger partial charge in [0.05, 0.1) is 5.69 Å². The highest BCUT2D eigenvalue weighted by molar-refractivity contribution is 5.45. The van der Waals surface area contributed by atoms with E-state index in [0.717, 1.165) is 11.4 Å². The average molecular weight is 192 g/mol. The summed E-state index contributed by atoms with van der Waals surface area (Å²) >= 11 is 0. The molecule has 0 aliphatic heterocycles. The van der Waals surface area contributed by atoms with E-state index < -0.39 is 0 Å². The average Bonchev–Trinajstić information content (AvgIpc) is 2.42. The fourth-order valence-corrected chi connectivity index (χ4v) is 1.86. The summed E-state index contributed by atoms with van der Waals surface area (Å²) in [7, 11) is 0. The van der Waals surface area contributed by atoms with Crippen LogP contribution in [0.25, 0.3) is 5.65 Å². The third kappa shape index (κ3) is 1.20. The van der Waals surface area contributed by atoms with Crippen LogP contribution in [-0.2, 0) is 0 Å². The summed E-state index contributed by atoms with van der Waals surface area (Å²) < 4.78 is 15.2. The second-order valence-corrected chi connectivity index (χ2v) is 3.79. The number of hydrogen-bond acceptors (Lipinski definition) is 1. The highest BCUT2D eigenvalue weighted by atomic mass is 19.1. The standard InChI is InChI=1S/C11H13FN2/c1-7(2)10-8(3)13-11-9(12)5-4-6-14(10)11/h4-7H,1-3H3. The number of hydrogen-bond donors (Lipinski definition) is 0. The van der Waals surface area contributed by atoms with Crippen LogP contribution < -0.4 is 0 Å². The summed E-state index contributed by atoms with van der Waals surface area (Å²) in [6.45, 7) is 6.09. The summed E-state index contributed by atoms with van der Waals surface area (Å²) in [4.78, 5) is 4.22. The normalized spacial score (nSPS) is 11.5. The van der Waals surface area contributed by atoms with Crippen molar-refractivity contribution in [2.24, 2.45) is 0 Å². The molecule has 2 nitrogen and oxygen atoms in total. The summed E-state index contributed by atoms with van der Waals surface area (Å²) in [6, 6.07) is 3.14. The fraction of sp³-hybridized carbons (Fsp3) is 0.364. The molecule has 0 aliphatic rings. The molecule has 0 atom stereocenters. The summed E-state index contributed by atoms with van der Waals surface area (Å²) in [6.07, 6.45) is 1.85. The van der Waals surface area contributed by atoms with E-state index >= 15 is 0 Å². The molecule has 0 unspecified atom stereocenters. The number of pyridine rings is 1. The highest BCUT2D eigenvalue weighted by Crippen LogP contribution is 2.21. The number of rotatable bonds is 1. The predicted molar refractivity (Wildman–Crippen MR) is 54.0 cm³/mol. The molecular weight excluding hydrogens is 179 g/mol. The van der Waals surface area contributed by atoms with E-state index in [2.05, 4.69) is 18.8 Å². The van der Waals surface area contributed by atoms with Crippen molar-refractivity contribution in [1.82, 2.24) is 9.38 Å². The van der Waals surface area contributed by atoms with E-state index in [-0.39, 0.29) is 5.82 Å². The molecule has 0 radical (unpaired) electrons. The van der Waals surface area contributed by atoms with E-state index in [1.54, 1.807) is 6.07 Å². The Kier molecular flexibility index (Phi) is 2.02. The van der Waals surface area contributed by atoms with Gasteiger partial charge in [0.25, 0.3) is 0 Å². The minimum Gasteiger partial charge on any atom is -0.301 e. The number of aryl methyl sites for hydroxylation is 1. The van der Waals surface area contributed by atoms with Gasteiger partial charge >= 0.3 is 0 Å². The Balaban J connectivity index is 2.83. The van der Waals surface area contributed by atoms with Crippen molar-refractivity contribution in [3.8, 4) is 0 Å². The lowest BCUT2D eigenvalue weighted by molar-refractivity contribution is 0.628. The van der Waals surface area contributed by atoms with Gasteiger partial charge < -0.3 is 4.40 Å². The highest BCUT2D eigenvalue weighted by Gasteiger charge is 2.13. The Labute approximate surface area is 82.4 Å². The quantitative estimate of drug-likeness (QED) is 0.679. The van der Waals surface area contributed by atoms with Crippen LogP contribution in [0.2, 0.25) is 0 Å². The molecule has 0 aromatic carbocycles. The molecule has 0 fully saturated rings. The largest absolute Gasteiger partial charge is 0.301 e. The molecule has 0 spiro atoms. The lowest BCUT2D eigenvalue weighted by atomic mass is 10.1. The Morgan fingerprint density at radius 1 is 1.43 bits per heavy atom. The minimum absolute atomic E-state index is 0.262. The van der Waals surface area contributed by atoms with Crippen LogP contribution in [0.5, 0.6) is 0 Å². The zero-order chi connectivity index (χ0) is 10.3. The lowest BCUT2D eigenvalue weighted by Gasteiger charge is -2.05. The molecular formula is C11H13FN2. The van der Waals surface area contributed by atoms with Crippen LogP contribution in [-0.4, -0.2) is 9.38 Å². The first-order valence-electron chi connectivity index (χ1n) is 4.74. The SMILES string of the molecule is Cc1nc2c(F)cccn2c1C(C)C. The second-order valence-electron chi connectivity index (χ2n) is 3.79. The first-order chi connectivity index (χ1) is 6.61. The van der Waals surface area contributed by atoms with Crippen LogP contribution in [0.15, 0.2) is 18.3 Å². The molecule has 0 bridgehead atoms. The molecule has 2 aromatic rings. The Morgan fingerprint density at radius 2 is 2.14 bits per heavy atom. The van der Waals surface area contributed by atoms with E-state index in [0.29, 0.717) is 11.6 Å². The number of aromatic nitrogens is 2. The van der Waals surface area contributed by atoms with Crippen molar-refractivity contribution in [2.45, 2.75) is 26.7 Å². The van der Waals surface area contributed by atoms with Crippen molar-refractivity contribution in [1.29, 1.82) is 0 Å². The van der Waals surface area contributed by atoms with Gasteiger partial charge in [0, 0.05) is 11.9 Å². The third-order valence-electron chi connectivity index (χ3n) is 2.37. The molecule has 2 aromatic heterocycles. The molecule has 14 heavy (non-hydrogen) atoms. The van der Waals surface area contributed by atoms with Gasteiger partial charge in [-0.1, -0.05) is 13.8 Å². The van der Waals surface area contributed by atoms with Gasteiger partial charge in [-0.3, -0.25) is 0 Å². The molecule has 0 saturated heterocycles. The van der Waals surface area contributed by atoms with Gasteiger partial charge in [-0.2, -0.15) is 0 Å². The first kappa shape index (κ1) is 9.19. The van der Waals surface area contributed by atoms with Gasteiger partial charge in [0.1, 0.15) is 0 Å². The van der Waals surface area contributed by atoms with Gasteiger partial charge in [-0.25, -0.2) is 9.37 Å². The lowest BCUT2D eigenvalue weighted by Crippen LogP contribution is -1.97.